The highest BCUT2D eigenvalue weighted by Gasteiger charge is 2.07. The number of non-ortho nitro benzene ring substituents is 1. The highest BCUT2D eigenvalue weighted by Crippen LogP contribution is 2.22. The molecule has 1 aromatic heterocycles. The van der Waals surface area contributed by atoms with E-state index in [2.05, 4.69) is 10.3 Å². The van der Waals surface area contributed by atoms with Crippen molar-refractivity contribution in [2.75, 3.05) is 5.32 Å². The van der Waals surface area contributed by atoms with Gasteiger partial charge in [-0.05, 0) is 35.9 Å². The Kier molecular flexibility index (Phi) is 4.47. The van der Waals surface area contributed by atoms with Crippen LogP contribution in [0.25, 0.3) is 17.0 Å². The van der Waals surface area contributed by atoms with Gasteiger partial charge in [0.05, 0.1) is 16.1 Å². The Hall–Kier alpha value is -3.61. The monoisotopic (exact) mass is 337 g/mol. The van der Waals surface area contributed by atoms with Crippen molar-refractivity contribution < 1.29 is 14.1 Å². The summed E-state index contributed by atoms with van der Waals surface area (Å²) in [6, 6.07) is 11.6. The fourth-order valence-electron chi connectivity index (χ4n) is 2.32. The normalized spacial score (nSPS) is 10.9. The minimum atomic E-state index is -0.505. The lowest BCUT2D eigenvalue weighted by molar-refractivity contribution is -0.384. The van der Waals surface area contributed by atoms with Crippen molar-refractivity contribution >= 4 is 34.3 Å². The number of halogens is 1. The Morgan fingerprint density at radius 1 is 1.20 bits per heavy atom. The van der Waals surface area contributed by atoms with Gasteiger partial charge in [0.2, 0.25) is 5.91 Å². The molecule has 0 fully saturated rings. The maximum absolute atomic E-state index is 13.4. The molecule has 0 saturated carbocycles. The Labute approximate surface area is 141 Å². The molecule has 0 bridgehead atoms. The average Bonchev–Trinajstić information content (AvgIpc) is 2.61. The molecule has 0 unspecified atom stereocenters. The van der Waals surface area contributed by atoms with E-state index in [9.17, 15) is 19.3 Å². The molecule has 3 aromatic rings. The molecule has 0 saturated heterocycles. The fraction of sp³-hybridized carbons (Fsp3) is 0. The number of aromatic nitrogens is 1. The molecule has 1 amide bonds. The van der Waals surface area contributed by atoms with Gasteiger partial charge in [-0.15, -0.1) is 0 Å². The van der Waals surface area contributed by atoms with Crippen LogP contribution in [0.4, 0.5) is 15.8 Å². The molecule has 3 rings (SSSR count). The van der Waals surface area contributed by atoms with E-state index in [0.717, 1.165) is 0 Å². The second-order valence-corrected chi connectivity index (χ2v) is 5.19. The van der Waals surface area contributed by atoms with E-state index >= 15 is 0 Å². The molecule has 1 N–H and O–H groups in total. The van der Waals surface area contributed by atoms with Crippen LogP contribution >= 0.6 is 0 Å². The lowest BCUT2D eigenvalue weighted by Gasteiger charge is -2.06. The first-order valence-corrected chi connectivity index (χ1v) is 7.31. The lowest BCUT2D eigenvalue weighted by atomic mass is 10.1. The molecule has 0 aliphatic carbocycles. The number of nitro benzene ring substituents is 1. The summed E-state index contributed by atoms with van der Waals surface area (Å²) in [7, 11) is 0. The van der Waals surface area contributed by atoms with Crippen molar-refractivity contribution in [3.8, 4) is 0 Å². The highest BCUT2D eigenvalue weighted by atomic mass is 19.1. The lowest BCUT2D eigenvalue weighted by Crippen LogP contribution is -2.08. The quantitative estimate of drug-likeness (QED) is 0.444. The molecule has 25 heavy (non-hydrogen) atoms. The molecular weight excluding hydrogens is 325 g/mol. The third-order valence-electron chi connectivity index (χ3n) is 3.47. The molecule has 0 aliphatic heterocycles. The van der Waals surface area contributed by atoms with Gasteiger partial charge in [0.1, 0.15) is 5.82 Å². The van der Waals surface area contributed by atoms with Gasteiger partial charge in [0.15, 0.2) is 0 Å². The average molecular weight is 337 g/mol. The highest BCUT2D eigenvalue weighted by molar-refractivity contribution is 6.06. The molecule has 0 aliphatic rings. The van der Waals surface area contributed by atoms with E-state index in [1.54, 1.807) is 12.1 Å². The van der Waals surface area contributed by atoms with Gasteiger partial charge < -0.3 is 5.32 Å². The van der Waals surface area contributed by atoms with E-state index in [0.29, 0.717) is 22.2 Å². The van der Waals surface area contributed by atoms with E-state index in [1.807, 2.05) is 0 Å². The van der Waals surface area contributed by atoms with Gasteiger partial charge in [-0.25, -0.2) is 4.39 Å². The fourth-order valence-corrected chi connectivity index (χ4v) is 2.32. The van der Waals surface area contributed by atoms with Crippen molar-refractivity contribution in [3.05, 3.63) is 82.3 Å². The predicted octanol–water partition coefficient (Wildman–Crippen LogP) is 3.93. The Balaban J connectivity index is 1.80. The summed E-state index contributed by atoms with van der Waals surface area (Å²) in [5.41, 5.74) is 1.45. The number of pyridine rings is 1. The van der Waals surface area contributed by atoms with Crippen LogP contribution < -0.4 is 5.32 Å². The van der Waals surface area contributed by atoms with Crippen LogP contribution in [0.5, 0.6) is 0 Å². The van der Waals surface area contributed by atoms with Gasteiger partial charge in [0, 0.05) is 29.8 Å². The van der Waals surface area contributed by atoms with E-state index in [-0.39, 0.29) is 5.69 Å². The van der Waals surface area contributed by atoms with E-state index < -0.39 is 16.6 Å². The van der Waals surface area contributed by atoms with Gasteiger partial charge in [-0.3, -0.25) is 19.9 Å². The zero-order chi connectivity index (χ0) is 17.8. The molecule has 124 valence electrons. The summed E-state index contributed by atoms with van der Waals surface area (Å²) < 4.78 is 13.4. The molecule has 1 heterocycles. The number of hydrogen-bond donors (Lipinski definition) is 1. The van der Waals surface area contributed by atoms with Crippen LogP contribution in [0.1, 0.15) is 5.56 Å². The van der Waals surface area contributed by atoms with Gasteiger partial charge >= 0.3 is 0 Å². The van der Waals surface area contributed by atoms with Crippen molar-refractivity contribution in [1.29, 1.82) is 0 Å². The first kappa shape index (κ1) is 16.3. The van der Waals surface area contributed by atoms with Crippen LogP contribution in [0.3, 0.4) is 0 Å². The molecule has 6 nitrogen and oxygen atoms in total. The number of fused-ring (bicyclic) bond motifs is 1. The minimum absolute atomic E-state index is 0.0573. The Morgan fingerprint density at radius 3 is 2.84 bits per heavy atom. The SMILES string of the molecule is O=C(/C=C/c1cccc([N+](=O)[O-])c1)Nc1ccnc2ccc(F)cc12. The number of anilines is 1. The number of carbonyl (C=O) groups excluding carboxylic acids is 1. The maximum Gasteiger partial charge on any atom is 0.270 e. The minimum Gasteiger partial charge on any atom is -0.322 e. The topological polar surface area (TPSA) is 85.1 Å². The number of rotatable bonds is 4. The summed E-state index contributed by atoms with van der Waals surface area (Å²) >= 11 is 0. The summed E-state index contributed by atoms with van der Waals surface area (Å²) in [4.78, 5) is 26.4. The molecule has 7 heteroatoms. The van der Waals surface area contributed by atoms with E-state index in [1.165, 1.54) is 54.7 Å². The number of amides is 1. The first-order valence-electron chi connectivity index (χ1n) is 7.31. The number of nitro groups is 1. The number of nitrogens with one attached hydrogen (secondary N) is 1. The molecule has 0 atom stereocenters. The summed E-state index contributed by atoms with van der Waals surface area (Å²) in [6.45, 7) is 0. The zero-order valence-electron chi connectivity index (χ0n) is 12.8. The van der Waals surface area contributed by atoms with Gasteiger partial charge in [-0.1, -0.05) is 12.1 Å². The standard InChI is InChI=1S/C18H12FN3O3/c19-13-5-6-16-15(11-13)17(8-9-20-16)21-18(23)7-4-12-2-1-3-14(10-12)22(24)25/h1-11H,(H,20,21,23)/b7-4+. The van der Waals surface area contributed by atoms with Crippen molar-refractivity contribution in [2.24, 2.45) is 0 Å². The molecule has 0 spiro atoms. The van der Waals surface area contributed by atoms with Crippen LogP contribution in [0.2, 0.25) is 0 Å². The van der Waals surface area contributed by atoms with Gasteiger partial charge in [0.25, 0.3) is 5.69 Å². The third kappa shape index (κ3) is 3.84. The summed E-state index contributed by atoms with van der Waals surface area (Å²) in [5, 5.41) is 13.9. The molecule has 0 radical (unpaired) electrons. The Morgan fingerprint density at radius 2 is 2.04 bits per heavy atom. The zero-order valence-corrected chi connectivity index (χ0v) is 12.8. The van der Waals surface area contributed by atoms with Crippen LogP contribution in [0, 0.1) is 15.9 Å². The van der Waals surface area contributed by atoms with E-state index in [4.69, 9.17) is 0 Å². The smallest absolute Gasteiger partial charge is 0.270 e. The Bertz CT molecular complexity index is 1000. The van der Waals surface area contributed by atoms with Crippen molar-refractivity contribution in [2.45, 2.75) is 0 Å². The van der Waals surface area contributed by atoms with Gasteiger partial charge in [-0.2, -0.15) is 0 Å². The van der Waals surface area contributed by atoms with Crippen LogP contribution in [-0.4, -0.2) is 15.8 Å². The molecule has 2 aromatic carbocycles. The summed E-state index contributed by atoms with van der Waals surface area (Å²) in [5.74, 6) is -0.869. The van der Waals surface area contributed by atoms with Crippen LogP contribution in [-0.2, 0) is 4.79 Å². The van der Waals surface area contributed by atoms with Crippen molar-refractivity contribution in [1.82, 2.24) is 4.98 Å². The number of hydrogen-bond acceptors (Lipinski definition) is 4. The largest absolute Gasteiger partial charge is 0.322 e. The molecular formula is C18H12FN3O3. The van der Waals surface area contributed by atoms with Crippen molar-refractivity contribution in [3.63, 3.8) is 0 Å². The van der Waals surface area contributed by atoms with Crippen LogP contribution in [0.15, 0.2) is 60.8 Å². The number of carbonyl (C=O) groups is 1. The second kappa shape index (κ2) is 6.88. The number of nitrogens with zero attached hydrogens (tertiary/aromatic N) is 2. The number of benzene rings is 2. The summed E-state index contributed by atoms with van der Waals surface area (Å²) in [6.07, 6.45) is 4.23. The third-order valence-corrected chi connectivity index (χ3v) is 3.47. The maximum atomic E-state index is 13.4. The second-order valence-electron chi connectivity index (χ2n) is 5.19. The predicted molar refractivity (Wildman–Crippen MR) is 92.5 cm³/mol. The first-order chi connectivity index (χ1) is 12.0.